The lowest BCUT2D eigenvalue weighted by Gasteiger charge is -2.30. The number of likely N-dealkylation sites (tertiary alicyclic amines) is 1. The molecular formula is C17H17N3O3S. The number of hydrogen-bond donors (Lipinski definition) is 0. The minimum Gasteiger partial charge on any atom is -0.459 e. The number of carbonyl (C=O) groups is 1. The average Bonchev–Trinajstić information content (AvgIpc) is 3.35. The summed E-state index contributed by atoms with van der Waals surface area (Å²) < 4.78 is 11.0. The number of furan rings is 1. The first-order chi connectivity index (χ1) is 11.7. The third-order valence-corrected chi connectivity index (χ3v) is 5.28. The Labute approximate surface area is 143 Å². The highest BCUT2D eigenvalue weighted by Gasteiger charge is 2.28. The summed E-state index contributed by atoms with van der Waals surface area (Å²) in [6.45, 7) is 3.42. The van der Waals surface area contributed by atoms with Gasteiger partial charge in [0.05, 0.1) is 11.1 Å². The molecule has 1 fully saturated rings. The molecule has 0 aromatic carbocycles. The average molecular weight is 343 g/mol. The molecule has 4 heterocycles. The van der Waals surface area contributed by atoms with Crippen LogP contribution in [0.4, 0.5) is 0 Å². The number of hydrogen-bond acceptors (Lipinski definition) is 6. The van der Waals surface area contributed by atoms with Crippen molar-refractivity contribution in [1.29, 1.82) is 0 Å². The standard InChI is InChI=1S/C17H17N3O3S/c1-11-9-14(24-10-11)17(21)20-6-4-12(5-7-20)15-18-19-16(23-15)13-3-2-8-22-13/h2-3,8-10,12H,4-7H2,1H3. The number of piperidine rings is 1. The Morgan fingerprint density at radius 3 is 2.83 bits per heavy atom. The molecule has 0 saturated carbocycles. The maximum Gasteiger partial charge on any atom is 0.283 e. The summed E-state index contributed by atoms with van der Waals surface area (Å²) in [6.07, 6.45) is 3.24. The summed E-state index contributed by atoms with van der Waals surface area (Å²) in [5.41, 5.74) is 1.13. The van der Waals surface area contributed by atoms with Crippen molar-refractivity contribution in [3.05, 3.63) is 46.2 Å². The number of carbonyl (C=O) groups excluding carboxylic acids is 1. The molecule has 3 aromatic rings. The van der Waals surface area contributed by atoms with Gasteiger partial charge in [-0.05, 0) is 48.9 Å². The van der Waals surface area contributed by atoms with Crippen molar-refractivity contribution in [3.8, 4) is 11.7 Å². The lowest BCUT2D eigenvalue weighted by Crippen LogP contribution is -2.37. The highest BCUT2D eigenvalue weighted by molar-refractivity contribution is 7.12. The Morgan fingerprint density at radius 1 is 1.33 bits per heavy atom. The summed E-state index contributed by atoms with van der Waals surface area (Å²) in [5.74, 6) is 1.92. The molecule has 24 heavy (non-hydrogen) atoms. The van der Waals surface area contributed by atoms with Gasteiger partial charge in [-0.15, -0.1) is 21.5 Å². The Morgan fingerprint density at radius 2 is 2.17 bits per heavy atom. The number of rotatable bonds is 3. The number of thiophene rings is 1. The molecule has 4 rings (SSSR count). The largest absolute Gasteiger partial charge is 0.459 e. The first kappa shape index (κ1) is 15.1. The number of amides is 1. The molecule has 1 saturated heterocycles. The Hall–Kier alpha value is -2.41. The van der Waals surface area contributed by atoms with Crippen molar-refractivity contribution < 1.29 is 13.6 Å². The van der Waals surface area contributed by atoms with E-state index in [9.17, 15) is 4.79 Å². The monoisotopic (exact) mass is 343 g/mol. The molecule has 0 atom stereocenters. The van der Waals surface area contributed by atoms with Gasteiger partial charge in [-0.1, -0.05) is 0 Å². The van der Waals surface area contributed by atoms with E-state index in [-0.39, 0.29) is 11.8 Å². The molecule has 124 valence electrons. The molecule has 0 N–H and O–H groups in total. The van der Waals surface area contributed by atoms with Crippen LogP contribution in [0.3, 0.4) is 0 Å². The van der Waals surface area contributed by atoms with Crippen LogP contribution in [0.15, 0.2) is 38.7 Å². The zero-order valence-corrected chi connectivity index (χ0v) is 14.1. The SMILES string of the molecule is Cc1csc(C(=O)N2CCC(c3nnc(-c4ccco4)o3)CC2)c1. The molecule has 1 aliphatic heterocycles. The van der Waals surface area contributed by atoms with Gasteiger partial charge in [0.1, 0.15) is 0 Å². The van der Waals surface area contributed by atoms with E-state index in [2.05, 4.69) is 10.2 Å². The van der Waals surface area contributed by atoms with E-state index in [4.69, 9.17) is 8.83 Å². The Balaban J connectivity index is 1.40. The maximum absolute atomic E-state index is 12.5. The lowest BCUT2D eigenvalue weighted by molar-refractivity contribution is 0.0711. The fraction of sp³-hybridized carbons (Fsp3) is 0.353. The molecule has 0 radical (unpaired) electrons. The van der Waals surface area contributed by atoms with Crippen LogP contribution >= 0.6 is 11.3 Å². The van der Waals surface area contributed by atoms with Gasteiger partial charge in [0.25, 0.3) is 11.8 Å². The van der Waals surface area contributed by atoms with Gasteiger partial charge in [0.2, 0.25) is 5.89 Å². The van der Waals surface area contributed by atoms with Gasteiger partial charge in [-0.3, -0.25) is 4.79 Å². The minimum atomic E-state index is 0.119. The summed E-state index contributed by atoms with van der Waals surface area (Å²) in [7, 11) is 0. The molecule has 1 aliphatic rings. The van der Waals surface area contributed by atoms with Gasteiger partial charge >= 0.3 is 0 Å². The predicted molar refractivity (Wildman–Crippen MR) is 88.9 cm³/mol. The number of nitrogens with zero attached hydrogens (tertiary/aromatic N) is 3. The third-order valence-electron chi connectivity index (χ3n) is 4.25. The molecule has 1 amide bonds. The third kappa shape index (κ3) is 2.87. The van der Waals surface area contributed by atoms with Crippen molar-refractivity contribution in [2.24, 2.45) is 0 Å². The zero-order valence-electron chi connectivity index (χ0n) is 13.3. The zero-order chi connectivity index (χ0) is 16.5. The van der Waals surface area contributed by atoms with Crippen LogP contribution in [-0.2, 0) is 0 Å². The fourth-order valence-corrected chi connectivity index (χ4v) is 3.79. The van der Waals surface area contributed by atoms with E-state index in [1.54, 1.807) is 18.4 Å². The molecule has 0 aliphatic carbocycles. The minimum absolute atomic E-state index is 0.119. The first-order valence-electron chi connectivity index (χ1n) is 7.92. The highest BCUT2D eigenvalue weighted by atomic mass is 32.1. The smallest absolute Gasteiger partial charge is 0.283 e. The van der Waals surface area contributed by atoms with Crippen LogP contribution in [0, 0.1) is 6.92 Å². The van der Waals surface area contributed by atoms with Crippen molar-refractivity contribution in [2.75, 3.05) is 13.1 Å². The number of aryl methyl sites for hydroxylation is 1. The van der Waals surface area contributed by atoms with Crippen LogP contribution in [0.5, 0.6) is 0 Å². The molecule has 7 heteroatoms. The van der Waals surface area contributed by atoms with Crippen LogP contribution in [0.1, 0.15) is 39.9 Å². The first-order valence-corrected chi connectivity index (χ1v) is 8.80. The normalized spacial score (nSPS) is 15.8. The van der Waals surface area contributed by atoms with E-state index < -0.39 is 0 Å². The molecule has 0 spiro atoms. The summed E-state index contributed by atoms with van der Waals surface area (Å²) in [6, 6.07) is 5.53. The van der Waals surface area contributed by atoms with Gasteiger partial charge in [-0.25, -0.2) is 0 Å². The van der Waals surface area contributed by atoms with Crippen LogP contribution < -0.4 is 0 Å². The second-order valence-corrected chi connectivity index (χ2v) is 6.89. The van der Waals surface area contributed by atoms with E-state index in [1.165, 1.54) is 11.3 Å². The van der Waals surface area contributed by atoms with Gasteiger partial charge in [-0.2, -0.15) is 0 Å². The van der Waals surface area contributed by atoms with Crippen LogP contribution in [-0.4, -0.2) is 34.1 Å². The Kier molecular flexibility index (Phi) is 3.93. The molecule has 0 bridgehead atoms. The molecule has 6 nitrogen and oxygen atoms in total. The van der Waals surface area contributed by atoms with Crippen molar-refractivity contribution in [2.45, 2.75) is 25.7 Å². The van der Waals surface area contributed by atoms with Crippen LogP contribution in [0.25, 0.3) is 11.7 Å². The van der Waals surface area contributed by atoms with Gasteiger partial charge in [0, 0.05) is 19.0 Å². The van der Waals surface area contributed by atoms with Crippen molar-refractivity contribution >= 4 is 17.2 Å². The molecular weight excluding hydrogens is 326 g/mol. The second kappa shape index (κ2) is 6.24. The summed E-state index contributed by atoms with van der Waals surface area (Å²) in [5, 5.41) is 10.2. The summed E-state index contributed by atoms with van der Waals surface area (Å²) >= 11 is 1.51. The van der Waals surface area contributed by atoms with E-state index in [0.29, 0.717) is 30.6 Å². The topological polar surface area (TPSA) is 72.4 Å². The van der Waals surface area contributed by atoms with E-state index in [0.717, 1.165) is 23.3 Å². The quantitative estimate of drug-likeness (QED) is 0.725. The van der Waals surface area contributed by atoms with Crippen molar-refractivity contribution in [1.82, 2.24) is 15.1 Å². The highest BCUT2D eigenvalue weighted by Crippen LogP contribution is 2.30. The number of aromatic nitrogens is 2. The Bertz CT molecular complexity index is 829. The fourth-order valence-electron chi connectivity index (χ4n) is 2.93. The maximum atomic E-state index is 12.5. The second-order valence-electron chi connectivity index (χ2n) is 5.98. The van der Waals surface area contributed by atoms with E-state index in [1.807, 2.05) is 23.3 Å². The van der Waals surface area contributed by atoms with Crippen molar-refractivity contribution in [3.63, 3.8) is 0 Å². The lowest BCUT2D eigenvalue weighted by atomic mass is 9.97. The van der Waals surface area contributed by atoms with Gasteiger partial charge in [0.15, 0.2) is 5.76 Å². The molecule has 0 unspecified atom stereocenters. The van der Waals surface area contributed by atoms with E-state index >= 15 is 0 Å². The van der Waals surface area contributed by atoms with Crippen LogP contribution in [0.2, 0.25) is 0 Å². The predicted octanol–water partition coefficient (Wildman–Crippen LogP) is 3.72. The van der Waals surface area contributed by atoms with Gasteiger partial charge < -0.3 is 13.7 Å². The molecule has 3 aromatic heterocycles. The summed E-state index contributed by atoms with van der Waals surface area (Å²) in [4.78, 5) is 15.2.